The third-order valence-electron chi connectivity index (χ3n) is 7.12. The Bertz CT molecular complexity index is 2040. The Kier molecular flexibility index (Phi) is 7.70. The zero-order valence-corrected chi connectivity index (χ0v) is 26.6. The first-order chi connectivity index (χ1) is 19.9. The summed E-state index contributed by atoms with van der Waals surface area (Å²) < 4.78 is 8.67. The minimum absolute atomic E-state index is 0. The maximum atomic E-state index is 6.21. The fraction of sp³-hybridized carbons (Fsp3) is 0.135. The number of thiophene rings is 1. The van der Waals surface area contributed by atoms with E-state index in [0.717, 1.165) is 33.6 Å². The van der Waals surface area contributed by atoms with Crippen molar-refractivity contribution in [2.45, 2.75) is 27.2 Å². The fourth-order valence-electron chi connectivity index (χ4n) is 5.40. The van der Waals surface area contributed by atoms with Gasteiger partial charge in [0.2, 0.25) is 0 Å². The van der Waals surface area contributed by atoms with Crippen molar-refractivity contribution in [3.8, 4) is 34.0 Å². The molecule has 3 nitrogen and oxygen atoms in total. The normalized spacial score (nSPS) is 11.6. The van der Waals surface area contributed by atoms with E-state index in [9.17, 15) is 0 Å². The molecule has 0 aliphatic carbocycles. The third-order valence-corrected chi connectivity index (χ3v) is 8.38. The molecule has 0 unspecified atom stereocenters. The smallest absolute Gasteiger partial charge is 0.497 e. The predicted octanol–water partition coefficient (Wildman–Crippen LogP) is 10.3. The molecular formula is C37H28N2OPtS. The van der Waals surface area contributed by atoms with E-state index in [2.05, 4.69) is 74.3 Å². The number of pyridine rings is 2. The number of ether oxygens (including phenoxy) is 1. The van der Waals surface area contributed by atoms with Gasteiger partial charge in [-0.2, -0.15) is 0 Å². The Hall–Kier alpha value is -3.85. The maximum Gasteiger partial charge on any atom is 2.00 e. The van der Waals surface area contributed by atoms with Gasteiger partial charge in [-0.1, -0.05) is 75.4 Å². The summed E-state index contributed by atoms with van der Waals surface area (Å²) in [6.45, 7) is 6.86. The van der Waals surface area contributed by atoms with Gasteiger partial charge in [0, 0.05) is 44.4 Å². The van der Waals surface area contributed by atoms with E-state index >= 15 is 0 Å². The predicted molar refractivity (Wildman–Crippen MR) is 171 cm³/mol. The number of hydrogen-bond donors (Lipinski definition) is 0. The first-order valence-electron chi connectivity index (χ1n) is 13.8. The summed E-state index contributed by atoms with van der Waals surface area (Å²) in [5, 5.41) is 5.05. The van der Waals surface area contributed by atoms with Crippen LogP contribution >= 0.6 is 11.3 Å². The van der Waals surface area contributed by atoms with E-state index < -0.39 is 0 Å². The summed E-state index contributed by atoms with van der Waals surface area (Å²) in [5.41, 5.74) is 5.19. The Morgan fingerprint density at radius 1 is 0.690 bits per heavy atom. The largest absolute Gasteiger partial charge is 2.00 e. The van der Waals surface area contributed by atoms with Crippen LogP contribution in [0.25, 0.3) is 53.5 Å². The average molecular weight is 744 g/mol. The van der Waals surface area contributed by atoms with Crippen molar-refractivity contribution in [2.75, 3.05) is 0 Å². The topological polar surface area (TPSA) is 35.0 Å². The quantitative estimate of drug-likeness (QED) is 0.165. The Labute approximate surface area is 264 Å². The van der Waals surface area contributed by atoms with Crippen LogP contribution in [-0.2, 0) is 27.5 Å². The molecule has 0 amide bonds. The standard InChI is InChI=1S/C37H28N2OS.Pt/c1-37(2,3)23-24-13-15-30-25(20-24)14-16-31-32-17-19-39-34(36(32)41-35(30)31)27-9-7-11-29(22-27)40-28-10-6-8-26(21-28)33-12-4-5-18-38-33;/h4-20H,23H2,1-3H3;/q-2;+2. The summed E-state index contributed by atoms with van der Waals surface area (Å²) in [6, 6.07) is 38.0. The molecule has 0 N–H and O–H groups in total. The van der Waals surface area contributed by atoms with Crippen LogP contribution in [0.3, 0.4) is 0 Å². The van der Waals surface area contributed by atoms with Crippen LogP contribution in [0, 0.1) is 17.5 Å². The molecule has 0 aliphatic rings. The van der Waals surface area contributed by atoms with Crippen molar-refractivity contribution in [1.29, 1.82) is 0 Å². The third kappa shape index (κ3) is 5.62. The van der Waals surface area contributed by atoms with Gasteiger partial charge in [-0.15, -0.1) is 58.9 Å². The zero-order valence-electron chi connectivity index (χ0n) is 23.5. The second-order valence-electron chi connectivity index (χ2n) is 11.5. The molecular weight excluding hydrogens is 716 g/mol. The first-order valence-corrected chi connectivity index (χ1v) is 14.6. The van der Waals surface area contributed by atoms with Gasteiger partial charge in [-0.05, 0) is 51.4 Å². The van der Waals surface area contributed by atoms with Crippen LogP contribution in [0.5, 0.6) is 11.5 Å². The first kappa shape index (κ1) is 28.3. The van der Waals surface area contributed by atoms with Crippen LogP contribution < -0.4 is 4.74 Å². The van der Waals surface area contributed by atoms with Crippen LogP contribution in [0.4, 0.5) is 0 Å². The summed E-state index contributed by atoms with van der Waals surface area (Å²) in [7, 11) is 0. The Balaban J connectivity index is 0.00000316. The minimum Gasteiger partial charge on any atom is -0.497 e. The number of fused-ring (bicyclic) bond motifs is 5. The van der Waals surface area contributed by atoms with Crippen molar-refractivity contribution in [3.05, 3.63) is 121 Å². The summed E-state index contributed by atoms with van der Waals surface area (Å²) in [6.07, 6.45) is 4.73. The van der Waals surface area contributed by atoms with Crippen molar-refractivity contribution in [2.24, 2.45) is 5.41 Å². The fourth-order valence-corrected chi connectivity index (χ4v) is 6.73. The Morgan fingerprint density at radius 3 is 2.19 bits per heavy atom. The molecule has 0 radical (unpaired) electrons. The zero-order chi connectivity index (χ0) is 28.0. The van der Waals surface area contributed by atoms with Gasteiger partial charge in [-0.3, -0.25) is 0 Å². The molecule has 0 aliphatic heterocycles. The average Bonchev–Trinajstić information content (AvgIpc) is 3.36. The van der Waals surface area contributed by atoms with E-state index in [1.165, 1.54) is 31.8 Å². The summed E-state index contributed by atoms with van der Waals surface area (Å²) in [4.78, 5) is 9.25. The van der Waals surface area contributed by atoms with Gasteiger partial charge in [0.1, 0.15) is 0 Å². The molecule has 0 bridgehead atoms. The monoisotopic (exact) mass is 743 g/mol. The molecule has 0 saturated carbocycles. The second-order valence-corrected chi connectivity index (χ2v) is 12.6. The van der Waals surface area contributed by atoms with Crippen LogP contribution in [0.1, 0.15) is 26.3 Å². The molecule has 7 rings (SSSR count). The summed E-state index contributed by atoms with van der Waals surface area (Å²) >= 11 is 1.80. The molecule has 3 aromatic heterocycles. The number of hydrogen-bond acceptors (Lipinski definition) is 4. The van der Waals surface area contributed by atoms with Crippen LogP contribution in [-0.4, -0.2) is 9.97 Å². The van der Waals surface area contributed by atoms with E-state index in [4.69, 9.17) is 9.72 Å². The second kappa shape index (κ2) is 11.4. The van der Waals surface area contributed by atoms with E-state index in [-0.39, 0.29) is 26.5 Å². The molecule has 0 atom stereocenters. The number of aromatic nitrogens is 2. The number of nitrogens with zero attached hydrogens (tertiary/aromatic N) is 2. The molecule has 0 fully saturated rings. The maximum absolute atomic E-state index is 6.21. The van der Waals surface area contributed by atoms with Gasteiger partial charge >= 0.3 is 21.1 Å². The molecule has 5 heteroatoms. The molecule has 4 aromatic carbocycles. The SMILES string of the molecule is CC(C)(C)Cc1ccc2c(ccc3c4ccnc(-c5[c-]c(Oc6[c-]c(-c7ccccn7)ccc6)ccc5)c4sc23)c1.[Pt+2]. The number of rotatable bonds is 5. The molecule has 208 valence electrons. The van der Waals surface area contributed by atoms with Crippen molar-refractivity contribution >= 4 is 42.3 Å². The van der Waals surface area contributed by atoms with Gasteiger partial charge in [0.25, 0.3) is 0 Å². The molecule has 7 aromatic rings. The molecule has 3 heterocycles. The van der Waals surface area contributed by atoms with Gasteiger partial charge in [0.05, 0.1) is 0 Å². The van der Waals surface area contributed by atoms with Gasteiger partial charge < -0.3 is 14.7 Å². The van der Waals surface area contributed by atoms with E-state index in [1.54, 1.807) is 17.5 Å². The van der Waals surface area contributed by atoms with E-state index in [1.807, 2.05) is 60.8 Å². The van der Waals surface area contributed by atoms with Gasteiger partial charge in [-0.25, -0.2) is 0 Å². The molecule has 0 spiro atoms. The molecule has 0 saturated heterocycles. The van der Waals surface area contributed by atoms with Crippen molar-refractivity contribution in [1.82, 2.24) is 9.97 Å². The van der Waals surface area contributed by atoms with Crippen LogP contribution in [0.15, 0.2) is 103 Å². The van der Waals surface area contributed by atoms with E-state index in [0.29, 0.717) is 11.5 Å². The van der Waals surface area contributed by atoms with Crippen molar-refractivity contribution in [3.63, 3.8) is 0 Å². The molecule has 42 heavy (non-hydrogen) atoms. The summed E-state index contributed by atoms with van der Waals surface area (Å²) in [5.74, 6) is 1.24. The Morgan fingerprint density at radius 2 is 1.43 bits per heavy atom. The number of benzene rings is 4. The van der Waals surface area contributed by atoms with Gasteiger partial charge in [0.15, 0.2) is 0 Å². The van der Waals surface area contributed by atoms with Crippen molar-refractivity contribution < 1.29 is 25.8 Å². The minimum atomic E-state index is 0. The van der Waals surface area contributed by atoms with Crippen LogP contribution in [0.2, 0.25) is 0 Å².